The maximum atomic E-state index is 12.6. The van der Waals surface area contributed by atoms with Gasteiger partial charge in [-0.05, 0) is 32.8 Å². The van der Waals surface area contributed by atoms with Gasteiger partial charge >= 0.3 is 5.97 Å². The van der Waals surface area contributed by atoms with Gasteiger partial charge in [0.1, 0.15) is 11.7 Å². The smallest absolute Gasteiger partial charge is 0.331 e. The van der Waals surface area contributed by atoms with Crippen molar-refractivity contribution in [1.29, 1.82) is 0 Å². The molecule has 2 heterocycles. The van der Waals surface area contributed by atoms with E-state index in [-0.39, 0.29) is 40.8 Å². The number of carbonyl (C=O) groups excluding carboxylic acids is 1. The predicted molar refractivity (Wildman–Crippen MR) is 111 cm³/mol. The van der Waals surface area contributed by atoms with Crippen LogP contribution >= 0.6 is 0 Å². The maximum absolute atomic E-state index is 12.6. The van der Waals surface area contributed by atoms with Gasteiger partial charge in [-0.3, -0.25) is 0 Å². The first-order valence-corrected chi connectivity index (χ1v) is 10.7. The molecular formula is C24H32O6. The molecule has 164 valence electrons. The Bertz CT molecular complexity index is 826. The van der Waals surface area contributed by atoms with Gasteiger partial charge in [0.05, 0.1) is 18.3 Å². The van der Waals surface area contributed by atoms with Crippen LogP contribution in [0, 0.1) is 10.8 Å². The average Bonchev–Trinajstić information content (AvgIpc) is 3.32. The molecular weight excluding hydrogens is 384 g/mol. The number of rotatable bonds is 5. The van der Waals surface area contributed by atoms with Gasteiger partial charge in [-0.2, -0.15) is 0 Å². The van der Waals surface area contributed by atoms with Crippen molar-refractivity contribution in [2.45, 2.75) is 83.3 Å². The Morgan fingerprint density at radius 3 is 2.63 bits per heavy atom. The van der Waals surface area contributed by atoms with Crippen LogP contribution in [-0.2, 0) is 19.0 Å². The van der Waals surface area contributed by atoms with E-state index >= 15 is 0 Å². The van der Waals surface area contributed by atoms with E-state index in [0.717, 1.165) is 12.8 Å². The van der Waals surface area contributed by atoms with Crippen LogP contribution in [0.3, 0.4) is 0 Å². The fourth-order valence-electron chi connectivity index (χ4n) is 6.12. The van der Waals surface area contributed by atoms with Gasteiger partial charge in [-0.1, -0.05) is 49.8 Å². The lowest BCUT2D eigenvalue weighted by Crippen LogP contribution is -2.64. The number of hydrogen-bond donors (Lipinski definition) is 2. The summed E-state index contributed by atoms with van der Waals surface area (Å²) >= 11 is 0. The summed E-state index contributed by atoms with van der Waals surface area (Å²) in [6, 6.07) is 0. The summed E-state index contributed by atoms with van der Waals surface area (Å²) in [4.78, 5) is 12.6. The van der Waals surface area contributed by atoms with E-state index in [4.69, 9.17) is 24.4 Å². The number of esters is 1. The Morgan fingerprint density at radius 1 is 1.27 bits per heavy atom. The summed E-state index contributed by atoms with van der Waals surface area (Å²) in [5, 5.41) is 17.5. The van der Waals surface area contributed by atoms with Gasteiger partial charge in [-0.15, -0.1) is 0 Å². The summed E-state index contributed by atoms with van der Waals surface area (Å²) in [7, 11) is 0. The van der Waals surface area contributed by atoms with E-state index in [9.17, 15) is 4.79 Å². The minimum absolute atomic E-state index is 0.0131. The molecule has 1 saturated carbocycles. The third-order valence-electron chi connectivity index (χ3n) is 7.99. The first-order chi connectivity index (χ1) is 14.1. The van der Waals surface area contributed by atoms with Gasteiger partial charge < -0.3 is 24.4 Å². The Morgan fingerprint density at radius 2 is 1.97 bits per heavy atom. The minimum atomic E-state index is -1.49. The fourth-order valence-corrected chi connectivity index (χ4v) is 6.12. The first kappa shape index (κ1) is 21.5. The third kappa shape index (κ3) is 3.04. The largest absolute Gasteiger partial charge is 0.458 e. The lowest BCUT2D eigenvalue weighted by atomic mass is 9.51. The van der Waals surface area contributed by atoms with Crippen molar-refractivity contribution in [2.75, 3.05) is 0 Å². The van der Waals surface area contributed by atoms with Gasteiger partial charge in [0.2, 0.25) is 0 Å². The fraction of sp³-hybridized carbons (Fsp3) is 0.625. The van der Waals surface area contributed by atoms with Crippen molar-refractivity contribution >= 4 is 5.97 Å². The molecule has 1 unspecified atom stereocenters. The number of aliphatic hydroxyl groups excluding tert-OH is 1. The molecule has 0 aromatic rings. The molecule has 6 heteroatoms. The zero-order chi connectivity index (χ0) is 21.7. The van der Waals surface area contributed by atoms with Crippen LogP contribution in [0.4, 0.5) is 0 Å². The number of carbonyl (C=O) groups is 1. The number of aliphatic hydroxyl groups is 2. The molecule has 0 aromatic carbocycles. The van der Waals surface area contributed by atoms with Gasteiger partial charge in [0.25, 0.3) is 0 Å². The molecule has 2 saturated heterocycles. The van der Waals surface area contributed by atoms with Crippen LogP contribution in [0.15, 0.2) is 48.1 Å². The molecule has 30 heavy (non-hydrogen) atoms. The van der Waals surface area contributed by atoms with Crippen molar-refractivity contribution in [3.63, 3.8) is 0 Å². The standard InChI is InChI=1S/C24H32O6/c1-15-11-12-22(3)17(13-15)28-19-14-18(23(22,4)24(19)16(2)30-24)29-21(27)10-8-6-5-7-9-20(25)26/h5-10,13,16-20,25-26H,11-12,14H2,1-4H3/b6-5+,9-7+,10-8+/t16-,17-,18-,19-,22+,23?,24+/m1/s1. The molecule has 3 fully saturated rings. The van der Waals surface area contributed by atoms with E-state index in [0.29, 0.717) is 6.42 Å². The van der Waals surface area contributed by atoms with Crippen molar-refractivity contribution in [1.82, 2.24) is 0 Å². The molecule has 4 rings (SSSR count). The molecule has 2 bridgehead atoms. The second-order valence-electron chi connectivity index (χ2n) is 9.44. The van der Waals surface area contributed by atoms with E-state index in [2.05, 4.69) is 33.8 Å². The highest BCUT2D eigenvalue weighted by molar-refractivity contribution is 5.82. The van der Waals surface area contributed by atoms with Crippen molar-refractivity contribution in [2.24, 2.45) is 10.8 Å². The predicted octanol–water partition coefficient (Wildman–Crippen LogP) is 2.96. The van der Waals surface area contributed by atoms with E-state index in [1.54, 1.807) is 18.2 Å². The second-order valence-corrected chi connectivity index (χ2v) is 9.44. The summed E-state index contributed by atoms with van der Waals surface area (Å²) in [5.41, 5.74) is 0.465. The van der Waals surface area contributed by atoms with Crippen LogP contribution in [-0.4, -0.2) is 52.5 Å². The highest BCUT2D eigenvalue weighted by atomic mass is 16.7. The van der Waals surface area contributed by atoms with E-state index in [1.165, 1.54) is 23.8 Å². The number of ether oxygens (including phenoxy) is 3. The molecule has 2 aliphatic heterocycles. The molecule has 0 amide bonds. The molecule has 2 N–H and O–H groups in total. The molecule has 0 radical (unpaired) electrons. The van der Waals surface area contributed by atoms with E-state index < -0.39 is 12.3 Å². The van der Waals surface area contributed by atoms with Crippen LogP contribution in [0.5, 0.6) is 0 Å². The summed E-state index contributed by atoms with van der Waals surface area (Å²) in [5.74, 6) is -0.393. The summed E-state index contributed by atoms with van der Waals surface area (Å²) in [6.07, 6.45) is 12.1. The number of allylic oxidation sites excluding steroid dienone is 5. The zero-order valence-corrected chi connectivity index (χ0v) is 18.1. The normalized spacial score (nSPS) is 45.0. The summed E-state index contributed by atoms with van der Waals surface area (Å²) in [6.45, 7) is 8.74. The molecule has 7 atom stereocenters. The monoisotopic (exact) mass is 416 g/mol. The highest BCUT2D eigenvalue weighted by Crippen LogP contribution is 2.73. The van der Waals surface area contributed by atoms with Crippen LogP contribution in [0.25, 0.3) is 0 Å². The number of epoxide rings is 1. The second kappa shape index (κ2) is 7.45. The molecule has 0 aromatic heterocycles. The van der Waals surface area contributed by atoms with Gasteiger partial charge in [0.15, 0.2) is 6.29 Å². The molecule has 1 spiro atoms. The topological polar surface area (TPSA) is 88.5 Å². The summed E-state index contributed by atoms with van der Waals surface area (Å²) < 4.78 is 18.8. The maximum Gasteiger partial charge on any atom is 0.331 e. The van der Waals surface area contributed by atoms with Crippen molar-refractivity contribution < 1.29 is 29.2 Å². The Kier molecular flexibility index (Phi) is 5.34. The van der Waals surface area contributed by atoms with Crippen molar-refractivity contribution in [3.8, 4) is 0 Å². The number of hydrogen-bond acceptors (Lipinski definition) is 6. The van der Waals surface area contributed by atoms with Gasteiger partial charge in [-0.25, -0.2) is 4.79 Å². The Balaban J connectivity index is 1.53. The van der Waals surface area contributed by atoms with Crippen LogP contribution < -0.4 is 0 Å². The quantitative estimate of drug-likeness (QED) is 0.179. The molecule has 4 aliphatic rings. The molecule has 6 nitrogen and oxygen atoms in total. The highest BCUT2D eigenvalue weighted by Gasteiger charge is 2.84. The zero-order valence-electron chi connectivity index (χ0n) is 18.1. The Labute approximate surface area is 177 Å². The first-order valence-electron chi connectivity index (χ1n) is 10.7. The average molecular weight is 417 g/mol. The van der Waals surface area contributed by atoms with Gasteiger partial charge in [0, 0.05) is 23.3 Å². The minimum Gasteiger partial charge on any atom is -0.458 e. The van der Waals surface area contributed by atoms with E-state index in [1.807, 2.05) is 0 Å². The van der Waals surface area contributed by atoms with Crippen LogP contribution in [0.2, 0.25) is 0 Å². The molecule has 2 aliphatic carbocycles. The lowest BCUT2D eigenvalue weighted by molar-refractivity contribution is -0.210. The third-order valence-corrected chi connectivity index (χ3v) is 7.99. The Hall–Kier alpha value is -1.73. The van der Waals surface area contributed by atoms with Crippen molar-refractivity contribution in [3.05, 3.63) is 48.1 Å². The SMILES string of the molecule is CC1=C[C@H]2O[C@@H]3C[C@@H](OC(=O)/C=C/C=C/C=C/C(O)O)C(C)([C@@]34O[C@@H]4C)[C@@]2(C)CC1. The number of fused-ring (bicyclic) bond motifs is 2. The van der Waals surface area contributed by atoms with Crippen LogP contribution in [0.1, 0.15) is 47.0 Å². The lowest BCUT2D eigenvalue weighted by Gasteiger charge is -2.57.